The van der Waals surface area contributed by atoms with Crippen molar-refractivity contribution < 1.29 is 4.79 Å². The molecule has 0 aliphatic carbocycles. The second kappa shape index (κ2) is 4.84. The minimum atomic E-state index is -0.154. The Morgan fingerprint density at radius 2 is 1.95 bits per heavy atom. The van der Waals surface area contributed by atoms with E-state index in [9.17, 15) is 9.59 Å². The third kappa shape index (κ3) is 2.23. The van der Waals surface area contributed by atoms with Gasteiger partial charge >= 0.3 is 0 Å². The van der Waals surface area contributed by atoms with Crippen molar-refractivity contribution in [1.82, 2.24) is 14.5 Å². The number of nitrogens with zero attached hydrogens (tertiary/aromatic N) is 3. The maximum atomic E-state index is 12.2. The van der Waals surface area contributed by atoms with Gasteiger partial charge in [0.1, 0.15) is 6.54 Å². The minimum Gasteiger partial charge on any atom is -0.341 e. The Morgan fingerprint density at radius 1 is 1.21 bits per heavy atom. The van der Waals surface area contributed by atoms with Crippen LogP contribution in [0.4, 0.5) is 0 Å². The number of likely N-dealkylation sites (tertiary alicyclic amines) is 1. The van der Waals surface area contributed by atoms with Gasteiger partial charge in [-0.3, -0.25) is 14.2 Å². The molecule has 0 N–H and O–H groups in total. The molecule has 19 heavy (non-hydrogen) atoms. The van der Waals surface area contributed by atoms with Crippen molar-refractivity contribution in [3.8, 4) is 0 Å². The second-order valence-electron chi connectivity index (χ2n) is 4.78. The Kier molecular flexibility index (Phi) is 3.03. The summed E-state index contributed by atoms with van der Waals surface area (Å²) in [6.45, 7) is 1.68. The van der Waals surface area contributed by atoms with E-state index < -0.39 is 0 Å². The number of carbonyl (C=O) groups excluding carboxylic acids is 1. The van der Waals surface area contributed by atoms with Crippen molar-refractivity contribution in [3.63, 3.8) is 0 Å². The molecule has 0 radical (unpaired) electrons. The molecule has 98 valence electrons. The molecule has 1 aromatic carbocycles. The first kappa shape index (κ1) is 11.9. The molecule has 0 bridgehead atoms. The molecule has 5 nitrogen and oxygen atoms in total. The molecule has 0 atom stereocenters. The zero-order valence-electron chi connectivity index (χ0n) is 10.6. The van der Waals surface area contributed by atoms with Crippen molar-refractivity contribution >= 4 is 16.8 Å². The lowest BCUT2D eigenvalue weighted by Crippen LogP contribution is -2.34. The summed E-state index contributed by atoms with van der Waals surface area (Å²) >= 11 is 0. The summed E-state index contributed by atoms with van der Waals surface area (Å²) in [6.07, 6.45) is 3.56. The second-order valence-corrected chi connectivity index (χ2v) is 4.78. The van der Waals surface area contributed by atoms with Gasteiger partial charge in [-0.25, -0.2) is 4.98 Å². The first-order valence-corrected chi connectivity index (χ1v) is 6.48. The first-order chi connectivity index (χ1) is 9.25. The van der Waals surface area contributed by atoms with Gasteiger partial charge in [-0.1, -0.05) is 12.1 Å². The molecular formula is C14H15N3O2. The van der Waals surface area contributed by atoms with Gasteiger partial charge < -0.3 is 4.90 Å². The normalized spacial score (nSPS) is 15.1. The van der Waals surface area contributed by atoms with E-state index in [1.165, 1.54) is 10.9 Å². The molecule has 1 amide bonds. The maximum absolute atomic E-state index is 12.2. The SMILES string of the molecule is O=C(Cn1cnc2ccccc2c1=O)N1CCCC1. The number of carbonyl (C=O) groups is 1. The lowest BCUT2D eigenvalue weighted by Gasteiger charge is -2.15. The Bertz CT molecular complexity index is 672. The minimum absolute atomic E-state index is 0.00307. The van der Waals surface area contributed by atoms with Gasteiger partial charge in [0.2, 0.25) is 5.91 Å². The molecule has 0 unspecified atom stereocenters. The van der Waals surface area contributed by atoms with Crippen molar-refractivity contribution in [2.24, 2.45) is 0 Å². The summed E-state index contributed by atoms with van der Waals surface area (Å²) < 4.78 is 1.39. The van der Waals surface area contributed by atoms with Crippen molar-refractivity contribution in [2.75, 3.05) is 13.1 Å². The molecular weight excluding hydrogens is 242 g/mol. The predicted octanol–water partition coefficient (Wildman–Crippen LogP) is 1.02. The molecule has 1 aromatic heterocycles. The Balaban J connectivity index is 1.91. The summed E-state index contributed by atoms with van der Waals surface area (Å²) in [6, 6.07) is 7.18. The van der Waals surface area contributed by atoms with Crippen LogP contribution in [0.2, 0.25) is 0 Å². The van der Waals surface area contributed by atoms with Gasteiger partial charge in [0, 0.05) is 13.1 Å². The van der Waals surface area contributed by atoms with Crippen LogP contribution in [-0.2, 0) is 11.3 Å². The molecule has 1 aliphatic heterocycles. The number of fused-ring (bicyclic) bond motifs is 1. The highest BCUT2D eigenvalue weighted by Crippen LogP contribution is 2.09. The molecule has 0 spiro atoms. The summed E-state index contributed by atoms with van der Waals surface area (Å²) in [5.74, 6) is -0.00307. The molecule has 1 fully saturated rings. The van der Waals surface area contributed by atoms with Crippen LogP contribution in [0.1, 0.15) is 12.8 Å². The van der Waals surface area contributed by atoms with E-state index in [1.54, 1.807) is 18.2 Å². The average Bonchev–Trinajstić information content (AvgIpc) is 2.96. The van der Waals surface area contributed by atoms with E-state index >= 15 is 0 Å². The summed E-state index contributed by atoms with van der Waals surface area (Å²) in [4.78, 5) is 30.3. The predicted molar refractivity (Wildman–Crippen MR) is 71.8 cm³/mol. The van der Waals surface area contributed by atoms with Gasteiger partial charge in [0.25, 0.3) is 5.56 Å². The lowest BCUT2D eigenvalue weighted by molar-refractivity contribution is -0.130. The van der Waals surface area contributed by atoms with E-state index in [0.717, 1.165) is 25.9 Å². The lowest BCUT2D eigenvalue weighted by atomic mass is 10.2. The molecule has 2 aromatic rings. The van der Waals surface area contributed by atoms with E-state index in [0.29, 0.717) is 10.9 Å². The largest absolute Gasteiger partial charge is 0.341 e. The van der Waals surface area contributed by atoms with E-state index in [2.05, 4.69) is 4.98 Å². The highest BCUT2D eigenvalue weighted by molar-refractivity contribution is 5.79. The fourth-order valence-electron chi connectivity index (χ4n) is 2.43. The maximum Gasteiger partial charge on any atom is 0.261 e. The Morgan fingerprint density at radius 3 is 2.74 bits per heavy atom. The quantitative estimate of drug-likeness (QED) is 0.807. The van der Waals surface area contributed by atoms with Crippen LogP contribution in [-0.4, -0.2) is 33.4 Å². The fraction of sp³-hybridized carbons (Fsp3) is 0.357. The molecule has 5 heteroatoms. The highest BCUT2D eigenvalue weighted by Gasteiger charge is 2.18. The van der Waals surface area contributed by atoms with E-state index in [-0.39, 0.29) is 18.0 Å². The van der Waals surface area contributed by atoms with Crippen molar-refractivity contribution in [1.29, 1.82) is 0 Å². The van der Waals surface area contributed by atoms with Crippen LogP contribution in [0.15, 0.2) is 35.4 Å². The van der Waals surface area contributed by atoms with Crippen LogP contribution in [0.3, 0.4) is 0 Å². The topological polar surface area (TPSA) is 55.2 Å². The number of hydrogen-bond donors (Lipinski definition) is 0. The zero-order valence-corrected chi connectivity index (χ0v) is 10.6. The molecule has 1 saturated heterocycles. The number of amides is 1. The number of para-hydroxylation sites is 1. The van der Waals surface area contributed by atoms with Crippen LogP contribution < -0.4 is 5.56 Å². The number of aromatic nitrogens is 2. The van der Waals surface area contributed by atoms with Crippen LogP contribution in [0.25, 0.3) is 10.9 Å². The van der Waals surface area contributed by atoms with E-state index in [4.69, 9.17) is 0 Å². The van der Waals surface area contributed by atoms with Crippen molar-refractivity contribution in [3.05, 3.63) is 40.9 Å². The van der Waals surface area contributed by atoms with Crippen LogP contribution >= 0.6 is 0 Å². The van der Waals surface area contributed by atoms with Gasteiger partial charge in [0.05, 0.1) is 17.2 Å². The zero-order chi connectivity index (χ0) is 13.2. The monoisotopic (exact) mass is 257 g/mol. The van der Waals surface area contributed by atoms with Crippen LogP contribution in [0, 0.1) is 0 Å². The fourth-order valence-corrected chi connectivity index (χ4v) is 2.43. The van der Waals surface area contributed by atoms with Crippen molar-refractivity contribution in [2.45, 2.75) is 19.4 Å². The first-order valence-electron chi connectivity index (χ1n) is 6.48. The third-order valence-electron chi connectivity index (χ3n) is 3.50. The highest BCUT2D eigenvalue weighted by atomic mass is 16.2. The summed E-state index contributed by atoms with van der Waals surface area (Å²) in [7, 11) is 0. The number of benzene rings is 1. The summed E-state index contributed by atoms with van der Waals surface area (Å²) in [5, 5.41) is 0.555. The number of rotatable bonds is 2. The molecule has 1 aliphatic rings. The van der Waals surface area contributed by atoms with Gasteiger partial charge in [0.15, 0.2) is 0 Å². The average molecular weight is 257 g/mol. The van der Waals surface area contributed by atoms with Crippen LogP contribution in [0.5, 0.6) is 0 Å². The van der Waals surface area contributed by atoms with E-state index in [1.807, 2.05) is 11.0 Å². The standard InChI is InChI=1S/C14H15N3O2/c18-13(16-7-3-4-8-16)9-17-10-15-12-6-2-1-5-11(12)14(17)19/h1-2,5-6,10H,3-4,7-9H2. The summed E-state index contributed by atoms with van der Waals surface area (Å²) in [5.41, 5.74) is 0.510. The van der Waals surface area contributed by atoms with Gasteiger partial charge in [-0.05, 0) is 25.0 Å². The smallest absolute Gasteiger partial charge is 0.261 e. The number of hydrogen-bond acceptors (Lipinski definition) is 3. The van der Waals surface area contributed by atoms with Gasteiger partial charge in [-0.15, -0.1) is 0 Å². The molecule has 3 rings (SSSR count). The molecule has 0 saturated carbocycles. The van der Waals surface area contributed by atoms with Gasteiger partial charge in [-0.2, -0.15) is 0 Å². The Labute approximate surface area is 110 Å². The molecule has 2 heterocycles. The Hall–Kier alpha value is -2.17. The third-order valence-corrected chi connectivity index (χ3v) is 3.50.